The second-order valence-electron chi connectivity index (χ2n) is 8.01. The maximum absolute atomic E-state index is 11.2. The van der Waals surface area contributed by atoms with E-state index in [1.165, 1.54) is 22.5 Å². The number of anilines is 2. The zero-order valence-corrected chi connectivity index (χ0v) is 17.9. The molecule has 2 aliphatic heterocycles. The highest BCUT2D eigenvalue weighted by atomic mass is 35.5. The summed E-state index contributed by atoms with van der Waals surface area (Å²) in [6.45, 7) is 3.57. The van der Waals surface area contributed by atoms with Gasteiger partial charge in [0.2, 0.25) is 0 Å². The average Bonchev–Trinajstić information content (AvgIpc) is 2.85. The summed E-state index contributed by atoms with van der Waals surface area (Å²) < 4.78 is 0. The molecule has 0 unspecified atom stereocenters. The van der Waals surface area contributed by atoms with Gasteiger partial charge in [-0.15, -0.1) is 0 Å². The molecule has 4 rings (SSSR count). The second-order valence-corrected chi connectivity index (χ2v) is 8.88. The number of aliphatic carboxylic acids is 1. The summed E-state index contributed by atoms with van der Waals surface area (Å²) in [5.74, 6) is -0.837. The third-order valence-corrected chi connectivity index (χ3v) is 6.60. The Kier molecular flexibility index (Phi) is 6.33. The van der Waals surface area contributed by atoms with Crippen LogP contribution < -0.4 is 4.90 Å². The summed E-state index contributed by atoms with van der Waals surface area (Å²) in [7, 11) is 0. The van der Waals surface area contributed by atoms with Crippen LogP contribution in [0.2, 0.25) is 10.0 Å². The molecule has 0 amide bonds. The molecule has 2 aromatic rings. The van der Waals surface area contributed by atoms with Gasteiger partial charge in [0.05, 0.1) is 5.92 Å². The molecule has 2 aromatic carbocycles. The molecule has 0 radical (unpaired) electrons. The summed E-state index contributed by atoms with van der Waals surface area (Å²) in [5.41, 5.74) is 4.96. The van der Waals surface area contributed by atoms with Crippen molar-refractivity contribution < 1.29 is 9.90 Å². The van der Waals surface area contributed by atoms with E-state index in [2.05, 4.69) is 34.1 Å². The van der Waals surface area contributed by atoms with E-state index in [-0.39, 0.29) is 5.92 Å². The number of benzene rings is 2. The number of piperidine rings is 1. The number of carbonyl (C=O) groups is 1. The van der Waals surface area contributed by atoms with Crippen molar-refractivity contribution in [3.05, 3.63) is 57.6 Å². The minimum absolute atomic E-state index is 0.181. The highest BCUT2D eigenvalue weighted by Crippen LogP contribution is 2.38. The van der Waals surface area contributed by atoms with E-state index in [0.717, 1.165) is 68.3 Å². The fraction of sp³-hybridized carbons (Fsp3) is 0.435. The molecule has 0 aliphatic carbocycles. The molecule has 6 heteroatoms. The minimum Gasteiger partial charge on any atom is -0.481 e. The lowest BCUT2D eigenvalue weighted by atomic mass is 9.97. The van der Waals surface area contributed by atoms with Crippen molar-refractivity contribution in [2.45, 2.75) is 32.1 Å². The summed E-state index contributed by atoms with van der Waals surface area (Å²) in [4.78, 5) is 15.9. The predicted molar refractivity (Wildman–Crippen MR) is 119 cm³/mol. The Labute approximate surface area is 182 Å². The van der Waals surface area contributed by atoms with E-state index in [1.807, 2.05) is 12.1 Å². The number of rotatable bonds is 5. The highest BCUT2D eigenvalue weighted by Gasteiger charge is 2.25. The smallest absolute Gasteiger partial charge is 0.306 e. The zero-order chi connectivity index (χ0) is 20.4. The standard InChI is InChI=1S/C23H26Cl2N2O2/c24-19-6-4-16-2-3-17-5-7-20(25)15-22(17)27(21(16)14-19)11-1-10-26-12-8-18(9-13-26)23(28)29/h4-7,14-15,18H,1-3,8-13H2,(H,28,29). The normalized spacial score (nSPS) is 17.5. The quantitative estimate of drug-likeness (QED) is 0.684. The molecule has 1 fully saturated rings. The van der Waals surface area contributed by atoms with Gasteiger partial charge in [0, 0.05) is 28.0 Å². The maximum Gasteiger partial charge on any atom is 0.306 e. The summed E-state index contributed by atoms with van der Waals surface area (Å²) >= 11 is 12.7. The molecule has 1 saturated heterocycles. The summed E-state index contributed by atoms with van der Waals surface area (Å²) in [5, 5.41) is 10.7. The first kappa shape index (κ1) is 20.5. The molecule has 2 aliphatic rings. The van der Waals surface area contributed by atoms with Crippen molar-refractivity contribution in [3.63, 3.8) is 0 Å². The van der Waals surface area contributed by atoms with Crippen LogP contribution in [0.5, 0.6) is 0 Å². The topological polar surface area (TPSA) is 43.8 Å². The number of carboxylic acid groups (broad SMARTS) is 1. The molecular weight excluding hydrogens is 407 g/mol. The molecule has 2 heterocycles. The molecule has 0 aromatic heterocycles. The molecule has 0 saturated carbocycles. The third-order valence-electron chi connectivity index (χ3n) is 6.13. The molecule has 4 nitrogen and oxygen atoms in total. The largest absolute Gasteiger partial charge is 0.481 e. The highest BCUT2D eigenvalue weighted by molar-refractivity contribution is 6.31. The number of fused-ring (bicyclic) bond motifs is 2. The van der Waals surface area contributed by atoms with Gasteiger partial charge in [-0.1, -0.05) is 35.3 Å². The number of halogens is 2. The average molecular weight is 433 g/mol. The summed E-state index contributed by atoms with van der Waals surface area (Å²) in [6.07, 6.45) is 4.46. The SMILES string of the molecule is O=C(O)C1CCN(CCCN2c3cc(Cl)ccc3CCc3ccc(Cl)cc32)CC1. The lowest BCUT2D eigenvalue weighted by Gasteiger charge is -2.32. The van der Waals surface area contributed by atoms with Gasteiger partial charge in [0.15, 0.2) is 0 Å². The van der Waals surface area contributed by atoms with E-state index in [4.69, 9.17) is 23.2 Å². The molecule has 0 bridgehead atoms. The van der Waals surface area contributed by atoms with Crippen LogP contribution in [-0.2, 0) is 17.6 Å². The number of aryl methyl sites for hydroxylation is 2. The van der Waals surface area contributed by atoms with Crippen LogP contribution >= 0.6 is 23.2 Å². The molecule has 29 heavy (non-hydrogen) atoms. The van der Waals surface area contributed by atoms with Crippen molar-refractivity contribution >= 4 is 40.5 Å². The Morgan fingerprint density at radius 1 is 0.931 bits per heavy atom. The molecule has 154 valence electrons. The van der Waals surface area contributed by atoms with Crippen molar-refractivity contribution in [2.24, 2.45) is 5.92 Å². The van der Waals surface area contributed by atoms with Crippen molar-refractivity contribution in [2.75, 3.05) is 31.1 Å². The second kappa shape index (κ2) is 8.95. The Morgan fingerprint density at radius 2 is 1.48 bits per heavy atom. The van der Waals surface area contributed by atoms with Crippen LogP contribution in [0.25, 0.3) is 0 Å². The van der Waals surface area contributed by atoms with Crippen molar-refractivity contribution in [3.8, 4) is 0 Å². The van der Waals surface area contributed by atoms with E-state index in [1.54, 1.807) is 0 Å². The number of nitrogens with zero attached hydrogens (tertiary/aromatic N) is 2. The van der Waals surface area contributed by atoms with Gasteiger partial charge in [-0.25, -0.2) is 0 Å². The number of hydrogen-bond acceptors (Lipinski definition) is 3. The van der Waals surface area contributed by atoms with Gasteiger partial charge in [-0.05, 0) is 87.1 Å². The number of carboxylic acids is 1. The van der Waals surface area contributed by atoms with E-state index in [9.17, 15) is 9.90 Å². The third kappa shape index (κ3) is 4.71. The van der Waals surface area contributed by atoms with Gasteiger partial charge in [0.25, 0.3) is 0 Å². The van der Waals surface area contributed by atoms with Gasteiger partial charge < -0.3 is 14.9 Å². The lowest BCUT2D eigenvalue weighted by Crippen LogP contribution is -2.37. The van der Waals surface area contributed by atoms with E-state index < -0.39 is 5.97 Å². The summed E-state index contributed by atoms with van der Waals surface area (Å²) in [6, 6.07) is 12.3. The van der Waals surface area contributed by atoms with Crippen LogP contribution in [0.4, 0.5) is 11.4 Å². The van der Waals surface area contributed by atoms with E-state index in [0.29, 0.717) is 0 Å². The van der Waals surface area contributed by atoms with Crippen molar-refractivity contribution in [1.29, 1.82) is 0 Å². The van der Waals surface area contributed by atoms with E-state index >= 15 is 0 Å². The molecule has 0 atom stereocenters. The van der Waals surface area contributed by atoms with Gasteiger partial charge >= 0.3 is 5.97 Å². The van der Waals surface area contributed by atoms with Crippen LogP contribution in [0.1, 0.15) is 30.4 Å². The minimum atomic E-state index is -0.656. The number of hydrogen-bond donors (Lipinski definition) is 1. The lowest BCUT2D eigenvalue weighted by molar-refractivity contribution is -0.143. The molecular formula is C23H26Cl2N2O2. The predicted octanol–water partition coefficient (Wildman–Crippen LogP) is 5.42. The van der Waals surface area contributed by atoms with Crippen LogP contribution in [0, 0.1) is 5.92 Å². The Balaban J connectivity index is 1.50. The fourth-order valence-corrected chi connectivity index (χ4v) is 4.83. The Morgan fingerprint density at radius 3 is 2.00 bits per heavy atom. The first-order chi connectivity index (χ1) is 14.0. The van der Waals surface area contributed by atoms with Crippen LogP contribution in [0.15, 0.2) is 36.4 Å². The molecule has 1 N–H and O–H groups in total. The van der Waals surface area contributed by atoms with Crippen molar-refractivity contribution in [1.82, 2.24) is 4.90 Å². The zero-order valence-electron chi connectivity index (χ0n) is 16.4. The first-order valence-electron chi connectivity index (χ1n) is 10.3. The molecule has 0 spiro atoms. The monoisotopic (exact) mass is 432 g/mol. The first-order valence-corrected chi connectivity index (χ1v) is 11.1. The van der Waals surface area contributed by atoms with Gasteiger partial charge in [-0.3, -0.25) is 4.79 Å². The van der Waals surface area contributed by atoms with Gasteiger partial charge in [0.1, 0.15) is 0 Å². The Hall–Kier alpha value is -1.75. The van der Waals surface area contributed by atoms with Crippen LogP contribution in [-0.4, -0.2) is 42.2 Å². The maximum atomic E-state index is 11.2. The number of likely N-dealkylation sites (tertiary alicyclic amines) is 1. The van der Waals surface area contributed by atoms with Crippen LogP contribution in [0.3, 0.4) is 0 Å². The Bertz CT molecular complexity index is 841. The van der Waals surface area contributed by atoms with Gasteiger partial charge in [-0.2, -0.15) is 0 Å². The fourth-order valence-electron chi connectivity index (χ4n) is 4.50.